The number of piperidine rings is 2. The SMILES string of the molecule is C1CCN([P@@]2(N3CC3)=NP(N3CC3)(N3CC3)=N[P@@](N3CCCCC3)(N3CC3)=N2)CC1. The average Bonchev–Trinajstić information content (AvgIpc) is 3.62. The highest BCUT2D eigenvalue weighted by Gasteiger charge is 2.57. The second-order valence-electron chi connectivity index (χ2n) is 9.72. The van der Waals surface area contributed by atoms with Gasteiger partial charge >= 0.3 is 0 Å². The van der Waals surface area contributed by atoms with Crippen molar-refractivity contribution in [3.8, 4) is 0 Å². The Hall–Kier alpha value is 0.450. The number of rotatable bonds is 6. The molecule has 6 saturated heterocycles. The Morgan fingerprint density at radius 2 is 0.533 bits per heavy atom. The third-order valence-electron chi connectivity index (χ3n) is 7.36. The largest absolute Gasteiger partial charge is 0.240 e. The van der Waals surface area contributed by atoms with Crippen LogP contribution in [0.15, 0.2) is 13.5 Å². The molecule has 7 aliphatic rings. The second-order valence-corrected chi connectivity index (χ2v) is 18.5. The van der Waals surface area contributed by atoms with Gasteiger partial charge in [0.25, 0.3) is 0 Å². The minimum atomic E-state index is -2.02. The molecule has 0 amide bonds. The summed E-state index contributed by atoms with van der Waals surface area (Å²) in [5, 5.41) is 0. The van der Waals surface area contributed by atoms with Crippen LogP contribution in [0.5, 0.6) is 0 Å². The molecule has 2 atom stereocenters. The molecule has 0 radical (unpaired) electrons. The van der Waals surface area contributed by atoms with Crippen LogP contribution in [0.3, 0.4) is 0 Å². The van der Waals surface area contributed by atoms with Gasteiger partial charge in [-0.25, -0.2) is 28.0 Å². The monoisotopic (exact) mass is 471 g/mol. The van der Waals surface area contributed by atoms with E-state index < -0.39 is 22.5 Å². The van der Waals surface area contributed by atoms with E-state index in [1.165, 1.54) is 117 Å². The van der Waals surface area contributed by atoms with Crippen molar-refractivity contribution in [2.75, 3.05) is 78.5 Å². The molecule has 7 aliphatic heterocycles. The van der Waals surface area contributed by atoms with E-state index in [9.17, 15) is 0 Å². The van der Waals surface area contributed by atoms with Gasteiger partial charge in [-0.3, -0.25) is 0 Å². The summed E-state index contributed by atoms with van der Waals surface area (Å²) in [6.07, 6.45) is 8.01. The van der Waals surface area contributed by atoms with Crippen LogP contribution in [-0.4, -0.2) is 107 Å². The molecule has 7 heterocycles. The summed E-state index contributed by atoms with van der Waals surface area (Å²) in [6, 6.07) is 0. The molecular weight excluding hydrogens is 435 g/mol. The van der Waals surface area contributed by atoms with E-state index in [4.69, 9.17) is 13.5 Å². The maximum atomic E-state index is 6.00. The third kappa shape index (κ3) is 3.15. The lowest BCUT2D eigenvalue weighted by atomic mass is 10.2. The lowest BCUT2D eigenvalue weighted by Crippen LogP contribution is -2.33. The van der Waals surface area contributed by atoms with Crippen LogP contribution in [0.25, 0.3) is 0 Å². The molecule has 30 heavy (non-hydrogen) atoms. The number of nitrogens with zero attached hydrogens (tertiary/aromatic N) is 9. The van der Waals surface area contributed by atoms with Gasteiger partial charge in [0.15, 0.2) is 0 Å². The quantitative estimate of drug-likeness (QED) is 0.430. The van der Waals surface area contributed by atoms with Crippen molar-refractivity contribution in [1.82, 2.24) is 28.0 Å². The smallest absolute Gasteiger partial charge is 0.221 e. The Balaban J connectivity index is 1.48. The summed E-state index contributed by atoms with van der Waals surface area (Å²) < 4.78 is 34.1. The Morgan fingerprint density at radius 1 is 0.300 bits per heavy atom. The second kappa shape index (κ2) is 7.22. The molecule has 0 aromatic heterocycles. The van der Waals surface area contributed by atoms with Crippen LogP contribution in [0.4, 0.5) is 0 Å². The van der Waals surface area contributed by atoms with Gasteiger partial charge in [-0.15, -0.1) is 0 Å². The zero-order chi connectivity index (χ0) is 19.8. The summed E-state index contributed by atoms with van der Waals surface area (Å²) in [4.78, 5) is 0. The molecule has 7 rings (SSSR count). The van der Waals surface area contributed by atoms with Crippen LogP contribution >= 0.6 is 22.5 Å². The molecule has 0 bridgehead atoms. The number of hydrogen-bond acceptors (Lipinski definition) is 9. The molecular formula is C18H36N9P3. The van der Waals surface area contributed by atoms with E-state index in [1.54, 1.807) is 0 Å². The van der Waals surface area contributed by atoms with Crippen molar-refractivity contribution < 1.29 is 0 Å². The van der Waals surface area contributed by atoms with Gasteiger partial charge < -0.3 is 0 Å². The van der Waals surface area contributed by atoms with Gasteiger partial charge in [0.05, 0.1) is 0 Å². The standard InChI is InChI=1S/C18H36N9P3/c1-3-7-22(8-4-1)28(24-11-12-24)19-29(25-13-14-25,23-9-5-2-6-10-23)21-30(20-28,26-15-16-26)27-17-18-27/h1-18H2/t28-,29-/m0/s1. The highest BCUT2D eigenvalue weighted by atomic mass is 31.3. The van der Waals surface area contributed by atoms with Gasteiger partial charge in [-0.05, 0) is 25.7 Å². The Kier molecular flexibility index (Phi) is 4.79. The van der Waals surface area contributed by atoms with Crippen LogP contribution in [0, 0.1) is 0 Å². The molecule has 6 fully saturated rings. The van der Waals surface area contributed by atoms with Crippen molar-refractivity contribution in [2.45, 2.75) is 38.5 Å². The van der Waals surface area contributed by atoms with Gasteiger partial charge in [0, 0.05) is 78.5 Å². The van der Waals surface area contributed by atoms with Gasteiger partial charge in [-0.2, -0.15) is 13.5 Å². The van der Waals surface area contributed by atoms with Crippen molar-refractivity contribution >= 4 is 22.5 Å². The Labute approximate surface area is 181 Å². The van der Waals surface area contributed by atoms with Gasteiger partial charge in [-0.1, -0.05) is 12.8 Å². The fourth-order valence-electron chi connectivity index (χ4n) is 5.30. The summed E-state index contributed by atoms with van der Waals surface area (Å²) in [7, 11) is -6.01. The Morgan fingerprint density at radius 3 is 0.767 bits per heavy atom. The minimum absolute atomic E-state index is 1.19. The van der Waals surface area contributed by atoms with Crippen LogP contribution in [0.2, 0.25) is 0 Å². The summed E-state index contributed by atoms with van der Waals surface area (Å²) >= 11 is 0. The van der Waals surface area contributed by atoms with E-state index in [1.807, 2.05) is 0 Å². The average molecular weight is 471 g/mol. The normalized spacial score (nSPS) is 42.8. The predicted molar refractivity (Wildman–Crippen MR) is 125 cm³/mol. The van der Waals surface area contributed by atoms with E-state index in [-0.39, 0.29) is 0 Å². The van der Waals surface area contributed by atoms with E-state index >= 15 is 0 Å². The van der Waals surface area contributed by atoms with Crippen molar-refractivity contribution in [3.05, 3.63) is 0 Å². The third-order valence-corrected chi connectivity index (χ3v) is 20.1. The van der Waals surface area contributed by atoms with Crippen molar-refractivity contribution in [1.29, 1.82) is 0 Å². The lowest BCUT2D eigenvalue weighted by molar-refractivity contribution is 0.350. The van der Waals surface area contributed by atoms with Crippen LogP contribution < -0.4 is 0 Å². The number of hydrogen-bond donors (Lipinski definition) is 0. The molecule has 0 unspecified atom stereocenters. The first-order valence-corrected chi connectivity index (χ1v) is 17.0. The van der Waals surface area contributed by atoms with Crippen molar-refractivity contribution in [3.63, 3.8) is 0 Å². The molecule has 0 aliphatic carbocycles. The minimum Gasteiger partial charge on any atom is -0.240 e. The van der Waals surface area contributed by atoms with Gasteiger partial charge in [0.1, 0.15) is 0 Å². The summed E-state index contributed by atoms with van der Waals surface area (Å²) in [5.41, 5.74) is 0. The van der Waals surface area contributed by atoms with Crippen molar-refractivity contribution in [2.24, 2.45) is 13.5 Å². The molecule has 9 nitrogen and oxygen atoms in total. The maximum Gasteiger partial charge on any atom is 0.221 e. The molecule has 168 valence electrons. The molecule has 0 aromatic rings. The fraction of sp³-hybridized carbons (Fsp3) is 1.00. The highest BCUT2D eigenvalue weighted by Crippen LogP contribution is 2.86. The first-order valence-electron chi connectivity index (χ1n) is 12.2. The highest BCUT2D eigenvalue weighted by molar-refractivity contribution is 7.83. The first kappa shape index (κ1) is 19.9. The topological polar surface area (TPSA) is 55.6 Å². The molecule has 0 saturated carbocycles. The zero-order valence-corrected chi connectivity index (χ0v) is 20.8. The Bertz CT molecular complexity index is 826. The van der Waals surface area contributed by atoms with Gasteiger partial charge in [0.2, 0.25) is 22.5 Å². The van der Waals surface area contributed by atoms with E-state index in [2.05, 4.69) is 28.0 Å². The predicted octanol–water partition coefficient (Wildman–Crippen LogP) is 4.07. The fourth-order valence-corrected chi connectivity index (χ4v) is 21.2. The molecule has 0 aromatic carbocycles. The molecule has 12 heteroatoms. The van der Waals surface area contributed by atoms with E-state index in [0.29, 0.717) is 0 Å². The van der Waals surface area contributed by atoms with Crippen LogP contribution in [0.1, 0.15) is 38.5 Å². The lowest BCUT2D eigenvalue weighted by Gasteiger charge is -2.46. The first-order chi connectivity index (χ1) is 14.8. The molecule has 0 spiro atoms. The summed E-state index contributed by atoms with van der Waals surface area (Å²) in [5.74, 6) is 0. The van der Waals surface area contributed by atoms with E-state index in [0.717, 1.165) is 0 Å². The maximum absolute atomic E-state index is 6.00. The van der Waals surface area contributed by atoms with Crippen LogP contribution in [-0.2, 0) is 0 Å². The molecule has 0 N–H and O–H groups in total. The summed E-state index contributed by atoms with van der Waals surface area (Å²) in [6.45, 7) is 14.3. The zero-order valence-electron chi connectivity index (χ0n) is 18.1.